The van der Waals surface area contributed by atoms with E-state index in [4.69, 9.17) is 32.5 Å². The number of carbonyl (C=O) groups excluding carboxylic acids is 1. The van der Waals surface area contributed by atoms with Crippen molar-refractivity contribution in [2.45, 2.75) is 76.2 Å². The number of hydrogen-bond acceptors (Lipinski definition) is 6. The number of ether oxygens (including phenoxy) is 1. The van der Waals surface area contributed by atoms with Gasteiger partial charge < -0.3 is 20.9 Å². The van der Waals surface area contributed by atoms with Gasteiger partial charge in [-0.15, -0.1) is 0 Å². The third-order valence-electron chi connectivity index (χ3n) is 8.32. The molecule has 238 valence electrons. The van der Waals surface area contributed by atoms with E-state index in [0.29, 0.717) is 47.0 Å². The van der Waals surface area contributed by atoms with E-state index in [9.17, 15) is 23.1 Å². The van der Waals surface area contributed by atoms with Crippen LogP contribution >= 0.6 is 11.6 Å². The van der Waals surface area contributed by atoms with Crippen LogP contribution in [0.5, 0.6) is 0 Å². The van der Waals surface area contributed by atoms with Crippen molar-refractivity contribution in [3.8, 4) is 0 Å². The molecule has 1 aliphatic heterocycles. The summed E-state index contributed by atoms with van der Waals surface area (Å²) in [5.74, 6) is -0.0664. The van der Waals surface area contributed by atoms with Crippen molar-refractivity contribution < 1.29 is 27.8 Å². The van der Waals surface area contributed by atoms with Gasteiger partial charge in [0.05, 0.1) is 30.4 Å². The second-order valence-corrected chi connectivity index (χ2v) is 11.9. The first kappa shape index (κ1) is 33.5. The molecule has 2 fully saturated rings. The molecule has 12 heteroatoms. The minimum atomic E-state index is -4.52. The molecule has 2 aliphatic rings. The Morgan fingerprint density at radius 1 is 1.30 bits per heavy atom. The summed E-state index contributed by atoms with van der Waals surface area (Å²) < 4.78 is 45.1. The van der Waals surface area contributed by atoms with Crippen LogP contribution in [0.15, 0.2) is 64.8 Å². The number of benzene rings is 2. The molecule has 2 aromatic rings. The Hall–Kier alpha value is -3.41. The molecule has 0 spiro atoms. The van der Waals surface area contributed by atoms with Gasteiger partial charge in [0.15, 0.2) is 0 Å². The predicted molar refractivity (Wildman–Crippen MR) is 166 cm³/mol. The Labute approximate surface area is 260 Å². The summed E-state index contributed by atoms with van der Waals surface area (Å²) in [4.78, 5) is 18.8. The SMILES string of the molecule is CCC(C)c1ccc(C(=N)N(CCC(F)(F)F)C(=O)NC/C(N)=C2\CCC(O)(C3CCO3)CC2=Nc2cccc(Cl)c2)cc1. The van der Waals surface area contributed by atoms with Crippen LogP contribution in [-0.2, 0) is 4.74 Å². The smallest absolute Gasteiger partial charge is 0.390 e. The molecular weight excluding hydrogens is 595 g/mol. The van der Waals surface area contributed by atoms with Crippen molar-refractivity contribution in [1.82, 2.24) is 10.2 Å². The Kier molecular flexibility index (Phi) is 10.8. The Balaban J connectivity index is 1.55. The van der Waals surface area contributed by atoms with Crippen molar-refractivity contribution in [1.29, 1.82) is 5.41 Å². The van der Waals surface area contributed by atoms with Crippen LogP contribution in [0.25, 0.3) is 0 Å². The Morgan fingerprint density at radius 3 is 2.59 bits per heavy atom. The third-order valence-corrected chi connectivity index (χ3v) is 8.55. The van der Waals surface area contributed by atoms with Crippen LogP contribution in [0.1, 0.15) is 69.4 Å². The molecule has 8 nitrogen and oxygen atoms in total. The lowest BCUT2D eigenvalue weighted by atomic mass is 9.74. The number of nitrogens with two attached hydrogens (primary N) is 1. The number of amides is 2. The lowest BCUT2D eigenvalue weighted by Crippen LogP contribution is -2.53. The van der Waals surface area contributed by atoms with Gasteiger partial charge in [-0.05, 0) is 60.9 Å². The summed E-state index contributed by atoms with van der Waals surface area (Å²) in [6, 6.07) is 13.0. The molecule has 1 heterocycles. The Bertz CT molecular complexity index is 1410. The molecule has 3 atom stereocenters. The normalized spacial score (nSPS) is 23.1. The zero-order valence-corrected chi connectivity index (χ0v) is 25.6. The number of nitrogens with zero attached hydrogens (tertiary/aromatic N) is 2. The second kappa shape index (κ2) is 14.1. The van der Waals surface area contributed by atoms with E-state index < -0.39 is 30.8 Å². The maximum atomic E-state index is 13.3. The fraction of sp³-hybridized carbons (Fsp3) is 0.469. The highest BCUT2D eigenvalue weighted by molar-refractivity contribution is 6.30. The zero-order chi connectivity index (χ0) is 32.1. The number of halogens is 4. The summed E-state index contributed by atoms with van der Waals surface area (Å²) in [7, 11) is 0. The maximum Gasteiger partial charge on any atom is 0.390 e. The van der Waals surface area contributed by atoms with Crippen LogP contribution < -0.4 is 11.1 Å². The first-order valence-corrected chi connectivity index (χ1v) is 15.1. The van der Waals surface area contributed by atoms with Gasteiger partial charge >= 0.3 is 12.2 Å². The van der Waals surface area contributed by atoms with Crippen molar-refractivity contribution >= 4 is 34.9 Å². The third kappa shape index (κ3) is 8.40. The van der Waals surface area contributed by atoms with E-state index in [1.165, 1.54) is 0 Å². The number of urea groups is 1. The number of alkyl halides is 3. The molecule has 2 aromatic carbocycles. The van der Waals surface area contributed by atoms with E-state index in [-0.39, 0.29) is 36.5 Å². The summed E-state index contributed by atoms with van der Waals surface area (Å²) in [6.45, 7) is 3.76. The van der Waals surface area contributed by atoms with Gasteiger partial charge in [0.2, 0.25) is 0 Å². The summed E-state index contributed by atoms with van der Waals surface area (Å²) in [6.07, 6.45) is -3.58. The van der Waals surface area contributed by atoms with Gasteiger partial charge in [-0.25, -0.2) is 4.79 Å². The van der Waals surface area contributed by atoms with Crippen LogP contribution in [0.3, 0.4) is 0 Å². The van der Waals surface area contributed by atoms with Gasteiger partial charge in [0.25, 0.3) is 0 Å². The van der Waals surface area contributed by atoms with E-state index in [1.54, 1.807) is 36.4 Å². The average molecular weight is 634 g/mol. The number of rotatable bonds is 9. The largest absolute Gasteiger partial charge is 0.400 e. The van der Waals surface area contributed by atoms with Gasteiger partial charge in [-0.3, -0.25) is 15.3 Å². The first-order valence-electron chi connectivity index (χ1n) is 14.8. The van der Waals surface area contributed by atoms with Crippen molar-refractivity contribution in [3.05, 3.63) is 76.0 Å². The van der Waals surface area contributed by atoms with E-state index in [0.717, 1.165) is 23.3 Å². The highest BCUT2D eigenvalue weighted by Crippen LogP contribution is 2.39. The van der Waals surface area contributed by atoms with Crippen LogP contribution in [0.2, 0.25) is 5.02 Å². The lowest BCUT2D eigenvalue weighted by molar-refractivity contribution is -0.172. The summed E-state index contributed by atoms with van der Waals surface area (Å²) in [5.41, 5.74) is 8.66. The molecule has 44 heavy (non-hydrogen) atoms. The molecule has 0 aromatic heterocycles. The van der Waals surface area contributed by atoms with Gasteiger partial charge in [0.1, 0.15) is 5.84 Å². The topological polar surface area (TPSA) is 124 Å². The summed E-state index contributed by atoms with van der Waals surface area (Å²) >= 11 is 6.15. The molecule has 0 radical (unpaired) electrons. The van der Waals surface area contributed by atoms with Crippen LogP contribution in [0.4, 0.5) is 23.7 Å². The lowest BCUT2D eigenvalue weighted by Gasteiger charge is -2.44. The molecule has 0 bridgehead atoms. The molecule has 2 amide bonds. The number of amidine groups is 1. The number of aliphatic imine (C=N–C) groups is 1. The molecular formula is C32H39ClF3N5O3. The average Bonchev–Trinajstić information content (AvgIpc) is 2.94. The summed E-state index contributed by atoms with van der Waals surface area (Å²) in [5, 5.41) is 23.0. The minimum absolute atomic E-state index is 0.170. The second-order valence-electron chi connectivity index (χ2n) is 11.4. The van der Waals surface area contributed by atoms with Crippen LogP contribution in [0, 0.1) is 5.41 Å². The maximum absolute atomic E-state index is 13.3. The van der Waals surface area contributed by atoms with Gasteiger partial charge in [-0.2, -0.15) is 13.2 Å². The van der Waals surface area contributed by atoms with Crippen LogP contribution in [-0.4, -0.2) is 65.2 Å². The fourth-order valence-corrected chi connectivity index (χ4v) is 5.53. The van der Waals surface area contributed by atoms with E-state index >= 15 is 0 Å². The standard InChI is InChI=1S/C32H39ClF3N5O3/c1-3-20(2)21-7-9-22(10-8-21)29(38)41(15-14-32(34,35)36)30(42)39-19-26(37)25-11-13-31(43,28-12-16-44-28)18-27(25)40-24-6-4-5-23(33)17-24/h4-10,17,20,28,38,43H,3,11-16,18-19,37H2,1-2H3,(H,39,42)/b26-25-,38-29?,40-27?. The number of aliphatic hydroxyl groups is 1. The molecule has 1 saturated carbocycles. The highest BCUT2D eigenvalue weighted by Gasteiger charge is 2.45. The van der Waals surface area contributed by atoms with Gasteiger partial charge in [-0.1, -0.05) is 55.8 Å². The number of carbonyl (C=O) groups is 1. The number of allylic oxidation sites excluding steroid dienone is 1. The molecule has 4 rings (SSSR count). The van der Waals surface area contributed by atoms with Crippen molar-refractivity contribution in [2.75, 3.05) is 19.7 Å². The van der Waals surface area contributed by atoms with Crippen molar-refractivity contribution in [2.24, 2.45) is 10.7 Å². The van der Waals surface area contributed by atoms with E-state index in [1.807, 2.05) is 19.1 Å². The zero-order valence-electron chi connectivity index (χ0n) is 24.9. The number of nitrogens with one attached hydrogen (secondary N) is 2. The molecule has 3 unspecified atom stereocenters. The minimum Gasteiger partial charge on any atom is -0.400 e. The molecule has 1 saturated heterocycles. The van der Waals surface area contributed by atoms with Gasteiger partial charge in [0, 0.05) is 41.6 Å². The quantitative estimate of drug-likeness (QED) is 0.178. The molecule has 5 N–H and O–H groups in total. The van der Waals surface area contributed by atoms with Crippen molar-refractivity contribution in [3.63, 3.8) is 0 Å². The highest BCUT2D eigenvalue weighted by atomic mass is 35.5. The monoisotopic (exact) mass is 633 g/mol. The Morgan fingerprint density at radius 2 is 2.00 bits per heavy atom. The van der Waals surface area contributed by atoms with E-state index in [2.05, 4.69) is 12.2 Å². The first-order chi connectivity index (χ1) is 20.8. The number of hydrogen-bond donors (Lipinski definition) is 4. The molecule has 1 aliphatic carbocycles. The fourth-order valence-electron chi connectivity index (χ4n) is 5.35. The predicted octanol–water partition coefficient (Wildman–Crippen LogP) is 6.83.